The second-order valence-corrected chi connectivity index (χ2v) is 7.01. The third-order valence-electron chi connectivity index (χ3n) is 3.63. The minimum Gasteiger partial charge on any atom is -0.497 e. The molecule has 2 N–H and O–H groups in total. The molecule has 130 valence electrons. The van der Waals surface area contributed by atoms with E-state index >= 15 is 0 Å². The smallest absolute Gasteiger partial charge is 0.286 e. The van der Waals surface area contributed by atoms with E-state index in [4.69, 9.17) is 4.74 Å². The third kappa shape index (κ3) is 3.97. The number of methoxy groups -OCH3 is 1. The van der Waals surface area contributed by atoms with E-state index in [-0.39, 0.29) is 23.1 Å². The molecule has 0 fully saturated rings. The molecule has 25 heavy (non-hydrogen) atoms. The number of amidine groups is 1. The molecule has 0 aliphatic carbocycles. The van der Waals surface area contributed by atoms with Crippen LogP contribution >= 0.6 is 0 Å². The molecule has 0 spiro atoms. The largest absolute Gasteiger partial charge is 0.497 e. The minimum atomic E-state index is -3.78. The van der Waals surface area contributed by atoms with Crippen LogP contribution < -0.4 is 15.4 Å². The van der Waals surface area contributed by atoms with E-state index in [9.17, 15) is 13.2 Å². The van der Waals surface area contributed by atoms with Crippen LogP contribution in [0.5, 0.6) is 5.75 Å². The summed E-state index contributed by atoms with van der Waals surface area (Å²) in [6.07, 6.45) is -0.155. The molecular weight excluding hydrogens is 342 g/mol. The number of carbonyl (C=O) groups excluding carboxylic acids is 1. The van der Waals surface area contributed by atoms with Crippen molar-refractivity contribution in [2.24, 2.45) is 4.40 Å². The van der Waals surface area contributed by atoms with Crippen molar-refractivity contribution in [2.75, 3.05) is 12.4 Å². The van der Waals surface area contributed by atoms with Gasteiger partial charge in [0.1, 0.15) is 16.5 Å². The predicted octanol–water partition coefficient (Wildman–Crippen LogP) is 1.91. The molecule has 0 bridgehead atoms. The number of hydrogen-bond donors (Lipinski definition) is 2. The van der Waals surface area contributed by atoms with Crippen molar-refractivity contribution < 1.29 is 17.9 Å². The van der Waals surface area contributed by atoms with Crippen LogP contribution in [0.1, 0.15) is 12.0 Å². The molecule has 1 heterocycles. The first kappa shape index (κ1) is 17.0. The maximum atomic E-state index is 12.1. The van der Waals surface area contributed by atoms with Gasteiger partial charge in [-0.1, -0.05) is 24.3 Å². The van der Waals surface area contributed by atoms with E-state index in [2.05, 4.69) is 15.0 Å². The van der Waals surface area contributed by atoms with Crippen molar-refractivity contribution in [1.82, 2.24) is 5.32 Å². The summed E-state index contributed by atoms with van der Waals surface area (Å²) in [5.74, 6) is 0.471. The molecule has 2 aromatic carbocycles. The number of carbonyl (C=O) groups is 1. The Balaban J connectivity index is 1.65. The van der Waals surface area contributed by atoms with Crippen molar-refractivity contribution in [3.63, 3.8) is 0 Å². The van der Waals surface area contributed by atoms with E-state index < -0.39 is 10.0 Å². The second-order valence-electron chi connectivity index (χ2n) is 5.44. The van der Waals surface area contributed by atoms with Crippen LogP contribution in [0, 0.1) is 0 Å². The highest BCUT2D eigenvalue weighted by atomic mass is 32.2. The molecule has 1 amide bonds. The third-order valence-corrected chi connectivity index (χ3v) is 5.00. The molecule has 0 atom stereocenters. The van der Waals surface area contributed by atoms with Crippen molar-refractivity contribution in [3.05, 3.63) is 54.1 Å². The average Bonchev–Trinajstić information content (AvgIpc) is 2.59. The van der Waals surface area contributed by atoms with Gasteiger partial charge in [-0.15, -0.1) is 4.40 Å². The number of nitrogens with one attached hydrogen (secondary N) is 2. The first-order valence-corrected chi connectivity index (χ1v) is 9.01. The Morgan fingerprint density at radius 1 is 1.20 bits per heavy atom. The lowest BCUT2D eigenvalue weighted by atomic mass is 10.2. The normalized spacial score (nSPS) is 14.7. The van der Waals surface area contributed by atoms with Crippen LogP contribution in [-0.2, 0) is 21.4 Å². The Hall–Kier alpha value is -2.87. The first-order valence-electron chi connectivity index (χ1n) is 7.57. The number of rotatable bonds is 5. The molecule has 1 aliphatic rings. The number of ether oxygens (including phenoxy) is 1. The number of fused-ring (bicyclic) bond motifs is 1. The van der Waals surface area contributed by atoms with Gasteiger partial charge in [0.25, 0.3) is 10.0 Å². The lowest BCUT2D eigenvalue weighted by Gasteiger charge is -2.17. The molecule has 8 heteroatoms. The van der Waals surface area contributed by atoms with E-state index in [1.54, 1.807) is 25.3 Å². The first-order chi connectivity index (χ1) is 12.0. The lowest BCUT2D eigenvalue weighted by molar-refractivity contribution is -0.120. The zero-order valence-electron chi connectivity index (χ0n) is 13.5. The molecule has 7 nitrogen and oxygen atoms in total. The van der Waals surface area contributed by atoms with Gasteiger partial charge in [0.15, 0.2) is 0 Å². The molecule has 3 rings (SSSR count). The van der Waals surface area contributed by atoms with Crippen LogP contribution in [0.25, 0.3) is 0 Å². The van der Waals surface area contributed by atoms with Gasteiger partial charge >= 0.3 is 0 Å². The van der Waals surface area contributed by atoms with Crippen molar-refractivity contribution in [3.8, 4) is 5.75 Å². The zero-order valence-corrected chi connectivity index (χ0v) is 14.3. The van der Waals surface area contributed by atoms with Crippen LogP contribution in [0.4, 0.5) is 5.69 Å². The lowest BCUT2D eigenvalue weighted by Crippen LogP contribution is -2.30. The Morgan fingerprint density at radius 2 is 2.00 bits per heavy atom. The van der Waals surface area contributed by atoms with Gasteiger partial charge in [-0.3, -0.25) is 4.79 Å². The van der Waals surface area contributed by atoms with Gasteiger partial charge < -0.3 is 15.4 Å². The number of hydrogen-bond acceptors (Lipinski definition) is 5. The highest BCUT2D eigenvalue weighted by Gasteiger charge is 2.25. The van der Waals surface area contributed by atoms with Crippen molar-refractivity contribution in [1.29, 1.82) is 0 Å². The fraction of sp³-hybridized carbons (Fsp3) is 0.176. The Labute approximate surface area is 145 Å². The Kier molecular flexibility index (Phi) is 4.71. The summed E-state index contributed by atoms with van der Waals surface area (Å²) in [6, 6.07) is 13.8. The van der Waals surface area contributed by atoms with E-state index in [0.717, 1.165) is 5.56 Å². The van der Waals surface area contributed by atoms with Gasteiger partial charge in [-0.2, -0.15) is 8.42 Å². The number of benzene rings is 2. The highest BCUT2D eigenvalue weighted by Crippen LogP contribution is 2.27. The van der Waals surface area contributed by atoms with Gasteiger partial charge in [-0.25, -0.2) is 0 Å². The predicted molar refractivity (Wildman–Crippen MR) is 94.1 cm³/mol. The van der Waals surface area contributed by atoms with Crippen LogP contribution in [0.15, 0.2) is 57.8 Å². The van der Waals surface area contributed by atoms with E-state index in [0.29, 0.717) is 18.0 Å². The highest BCUT2D eigenvalue weighted by molar-refractivity contribution is 7.90. The molecule has 2 aromatic rings. The standard InChI is InChI=1S/C17H17N3O4S/c1-24-13-6-4-5-12(9-13)11-18-17(21)10-16-19-14-7-2-3-8-15(14)25(22,23)20-16/h2-9H,10-11H2,1H3,(H,18,21)(H,19,20). The summed E-state index contributed by atoms with van der Waals surface area (Å²) in [7, 11) is -2.21. The summed E-state index contributed by atoms with van der Waals surface area (Å²) in [5.41, 5.74) is 1.30. The summed E-state index contributed by atoms with van der Waals surface area (Å²) < 4.78 is 33.1. The SMILES string of the molecule is COc1cccc(CNC(=O)CC2=NS(=O)(=O)c3ccccc3N2)c1. The topological polar surface area (TPSA) is 96.9 Å². The van der Waals surface area contributed by atoms with Gasteiger partial charge in [0.2, 0.25) is 5.91 Å². The van der Waals surface area contributed by atoms with Gasteiger partial charge in [0.05, 0.1) is 19.2 Å². The number of nitrogens with zero attached hydrogens (tertiary/aromatic N) is 1. The molecule has 1 aliphatic heterocycles. The van der Waals surface area contributed by atoms with E-state index in [1.165, 1.54) is 6.07 Å². The molecule has 0 radical (unpaired) electrons. The fourth-order valence-electron chi connectivity index (χ4n) is 2.44. The second kappa shape index (κ2) is 6.94. The maximum Gasteiger partial charge on any atom is 0.286 e. The molecule has 0 unspecified atom stereocenters. The van der Waals surface area contributed by atoms with Crippen LogP contribution in [-0.4, -0.2) is 27.3 Å². The Morgan fingerprint density at radius 3 is 2.80 bits per heavy atom. The zero-order chi connectivity index (χ0) is 17.9. The summed E-state index contributed by atoms with van der Waals surface area (Å²) in [5, 5.41) is 5.63. The van der Waals surface area contributed by atoms with Crippen molar-refractivity contribution in [2.45, 2.75) is 17.9 Å². The maximum absolute atomic E-state index is 12.1. The van der Waals surface area contributed by atoms with Gasteiger partial charge in [0, 0.05) is 6.54 Å². The Bertz CT molecular complexity index is 938. The quantitative estimate of drug-likeness (QED) is 0.850. The number of anilines is 1. The molecule has 0 saturated carbocycles. The number of sulfonamides is 1. The van der Waals surface area contributed by atoms with Crippen LogP contribution in [0.2, 0.25) is 0 Å². The fourth-order valence-corrected chi connectivity index (χ4v) is 3.59. The number of amides is 1. The molecule has 0 aromatic heterocycles. The average molecular weight is 359 g/mol. The summed E-state index contributed by atoms with van der Waals surface area (Å²) in [6.45, 7) is 0.312. The van der Waals surface area contributed by atoms with E-state index in [1.807, 2.05) is 24.3 Å². The molecule has 0 saturated heterocycles. The summed E-state index contributed by atoms with van der Waals surface area (Å²) >= 11 is 0. The minimum absolute atomic E-state index is 0.0989. The van der Waals surface area contributed by atoms with Gasteiger partial charge in [-0.05, 0) is 29.8 Å². The molecular formula is C17H17N3O4S. The van der Waals surface area contributed by atoms with Crippen LogP contribution in [0.3, 0.4) is 0 Å². The number of para-hydroxylation sites is 1. The summed E-state index contributed by atoms with van der Waals surface area (Å²) in [4.78, 5) is 12.2. The monoisotopic (exact) mass is 359 g/mol. The van der Waals surface area contributed by atoms with Crippen molar-refractivity contribution >= 4 is 27.5 Å².